The van der Waals surface area contributed by atoms with Crippen molar-refractivity contribution in [2.24, 2.45) is 0 Å². The number of halogens is 1. The van der Waals surface area contributed by atoms with Gasteiger partial charge >= 0.3 is 0 Å². The summed E-state index contributed by atoms with van der Waals surface area (Å²) in [6.07, 6.45) is 3.95. The third-order valence-electron chi connectivity index (χ3n) is 2.47. The quantitative estimate of drug-likeness (QED) is 0.819. The van der Waals surface area contributed by atoms with E-state index in [0.29, 0.717) is 22.1 Å². The van der Waals surface area contributed by atoms with Crippen LogP contribution in [0.15, 0.2) is 6.20 Å². The molecule has 1 atom stereocenters. The molecule has 94 valence electrons. The number of nitrogens with zero attached hydrogens (tertiary/aromatic N) is 2. The van der Waals surface area contributed by atoms with Crippen LogP contribution in [0.25, 0.3) is 0 Å². The third-order valence-corrected chi connectivity index (χ3v) is 3.77. The van der Waals surface area contributed by atoms with E-state index in [1.54, 1.807) is 11.9 Å². The minimum absolute atomic E-state index is 0.395. The van der Waals surface area contributed by atoms with Crippen molar-refractivity contribution in [2.45, 2.75) is 18.1 Å². The molecule has 2 rings (SSSR count). The molecular weight excluding hydrogens is 260 g/mol. The van der Waals surface area contributed by atoms with Gasteiger partial charge in [0, 0.05) is 11.8 Å². The zero-order valence-electron chi connectivity index (χ0n) is 9.57. The second kappa shape index (κ2) is 6.28. The van der Waals surface area contributed by atoms with Crippen LogP contribution in [0.3, 0.4) is 0 Å². The highest BCUT2D eigenvalue weighted by atomic mass is 35.5. The van der Waals surface area contributed by atoms with Crippen LogP contribution in [0.2, 0.25) is 5.02 Å². The van der Waals surface area contributed by atoms with Gasteiger partial charge in [0.05, 0.1) is 13.3 Å². The van der Waals surface area contributed by atoms with Gasteiger partial charge in [0.15, 0.2) is 0 Å². The maximum atomic E-state index is 5.85. The summed E-state index contributed by atoms with van der Waals surface area (Å²) < 4.78 is 8.16. The third kappa shape index (κ3) is 3.62. The van der Waals surface area contributed by atoms with E-state index in [0.717, 1.165) is 13.1 Å². The van der Waals surface area contributed by atoms with Gasteiger partial charge < -0.3 is 10.1 Å². The van der Waals surface area contributed by atoms with Crippen LogP contribution in [0.5, 0.6) is 5.88 Å². The number of methoxy groups -OCH3 is 1. The minimum Gasteiger partial charge on any atom is -0.480 e. The molecule has 0 radical (unpaired) electrons. The second-order valence-corrected chi connectivity index (χ2v) is 5.25. The average molecular weight is 275 g/mol. The molecular formula is C10H15ClN4OS. The van der Waals surface area contributed by atoms with Crippen LogP contribution < -0.4 is 14.8 Å². The number of anilines is 1. The molecule has 1 fully saturated rings. The number of piperidine rings is 1. The Kier molecular flexibility index (Phi) is 4.70. The lowest BCUT2D eigenvalue weighted by molar-refractivity contribution is 0.398. The molecule has 1 aromatic heterocycles. The van der Waals surface area contributed by atoms with Gasteiger partial charge in [-0.1, -0.05) is 11.6 Å². The van der Waals surface area contributed by atoms with E-state index in [4.69, 9.17) is 16.3 Å². The largest absolute Gasteiger partial charge is 0.480 e. The number of ether oxygens (including phenoxy) is 1. The van der Waals surface area contributed by atoms with Crippen molar-refractivity contribution in [3.8, 4) is 5.88 Å². The summed E-state index contributed by atoms with van der Waals surface area (Å²) in [6.45, 7) is 2.13. The lowest BCUT2D eigenvalue weighted by atomic mass is 10.2. The van der Waals surface area contributed by atoms with Gasteiger partial charge in [-0.2, -0.15) is 4.98 Å². The van der Waals surface area contributed by atoms with E-state index < -0.39 is 0 Å². The van der Waals surface area contributed by atoms with E-state index in [-0.39, 0.29) is 0 Å². The second-order valence-electron chi connectivity index (χ2n) is 3.74. The van der Waals surface area contributed by atoms with E-state index in [2.05, 4.69) is 20.0 Å². The molecule has 0 spiro atoms. The average Bonchev–Trinajstić information content (AvgIpc) is 2.39. The summed E-state index contributed by atoms with van der Waals surface area (Å²) in [4.78, 5) is 8.25. The van der Waals surface area contributed by atoms with Gasteiger partial charge in [-0.3, -0.25) is 4.72 Å². The highest BCUT2D eigenvalue weighted by Crippen LogP contribution is 2.24. The highest BCUT2D eigenvalue weighted by molar-refractivity contribution is 8.01. The Hall–Kier alpha value is -0.720. The number of aromatic nitrogens is 2. The van der Waals surface area contributed by atoms with E-state index in [1.807, 2.05) is 0 Å². The van der Waals surface area contributed by atoms with Crippen LogP contribution in [0.1, 0.15) is 12.8 Å². The zero-order valence-corrected chi connectivity index (χ0v) is 11.1. The molecule has 7 heteroatoms. The van der Waals surface area contributed by atoms with E-state index in [1.165, 1.54) is 26.1 Å². The fraction of sp³-hybridized carbons (Fsp3) is 0.600. The van der Waals surface area contributed by atoms with E-state index in [9.17, 15) is 0 Å². The first-order chi connectivity index (χ1) is 8.29. The molecule has 0 saturated carbocycles. The lowest BCUT2D eigenvalue weighted by Gasteiger charge is -2.21. The first kappa shape index (κ1) is 12.7. The molecule has 2 heterocycles. The fourth-order valence-corrected chi connectivity index (χ4v) is 2.62. The molecule has 17 heavy (non-hydrogen) atoms. The molecule has 1 aromatic rings. The normalized spacial score (nSPS) is 20.0. The summed E-state index contributed by atoms with van der Waals surface area (Å²) in [7, 11) is 1.54. The molecule has 2 N–H and O–H groups in total. The van der Waals surface area contributed by atoms with Crippen LogP contribution in [0, 0.1) is 0 Å². The molecule has 5 nitrogen and oxygen atoms in total. The van der Waals surface area contributed by atoms with Crippen molar-refractivity contribution < 1.29 is 4.74 Å². The van der Waals surface area contributed by atoms with Gasteiger partial charge in [0.25, 0.3) is 0 Å². The molecule has 1 aliphatic heterocycles. The van der Waals surface area contributed by atoms with Crippen molar-refractivity contribution in [1.29, 1.82) is 0 Å². The van der Waals surface area contributed by atoms with Crippen molar-refractivity contribution in [1.82, 2.24) is 15.3 Å². The van der Waals surface area contributed by atoms with Crippen molar-refractivity contribution >= 4 is 29.5 Å². The van der Waals surface area contributed by atoms with Crippen molar-refractivity contribution in [3.63, 3.8) is 0 Å². The van der Waals surface area contributed by atoms with Crippen LogP contribution >= 0.6 is 23.5 Å². The monoisotopic (exact) mass is 274 g/mol. The maximum absolute atomic E-state index is 5.85. The zero-order chi connectivity index (χ0) is 12.1. The van der Waals surface area contributed by atoms with Crippen LogP contribution in [-0.4, -0.2) is 35.4 Å². The summed E-state index contributed by atoms with van der Waals surface area (Å²) in [6, 6.07) is 0. The SMILES string of the molecule is COc1nc(NSC2CCCNC2)ncc1Cl. The topological polar surface area (TPSA) is 59.1 Å². The molecule has 1 unspecified atom stereocenters. The summed E-state index contributed by atoms with van der Waals surface area (Å²) >= 11 is 7.49. The predicted molar refractivity (Wildman–Crippen MR) is 70.7 cm³/mol. The Labute approximate surface area is 110 Å². The Morgan fingerprint density at radius 1 is 1.65 bits per heavy atom. The Balaban J connectivity index is 1.89. The standard InChI is InChI=1S/C10H15ClN4OS/c1-16-9-8(11)6-13-10(14-9)15-17-7-3-2-4-12-5-7/h6-7,12H,2-5H2,1H3,(H,13,14,15). The van der Waals surface area contributed by atoms with Gasteiger partial charge in [-0.15, -0.1) is 0 Å². The van der Waals surface area contributed by atoms with Gasteiger partial charge in [0.2, 0.25) is 11.8 Å². The Morgan fingerprint density at radius 2 is 2.53 bits per heavy atom. The first-order valence-corrected chi connectivity index (χ1v) is 6.74. The molecule has 0 aliphatic carbocycles. The van der Waals surface area contributed by atoms with Crippen molar-refractivity contribution in [3.05, 3.63) is 11.2 Å². The summed E-state index contributed by atoms with van der Waals surface area (Å²) in [5.41, 5.74) is 0. The lowest BCUT2D eigenvalue weighted by Crippen LogP contribution is -2.32. The summed E-state index contributed by atoms with van der Waals surface area (Å²) in [5.74, 6) is 0.924. The van der Waals surface area contributed by atoms with E-state index >= 15 is 0 Å². The molecule has 1 aliphatic rings. The molecule has 0 bridgehead atoms. The molecule has 0 amide bonds. The summed E-state index contributed by atoms with van der Waals surface area (Å²) in [5, 5.41) is 4.32. The number of hydrogen-bond acceptors (Lipinski definition) is 6. The van der Waals surface area contributed by atoms with Gasteiger partial charge in [0.1, 0.15) is 5.02 Å². The Morgan fingerprint density at radius 3 is 3.24 bits per heavy atom. The van der Waals surface area contributed by atoms with Crippen LogP contribution in [0.4, 0.5) is 5.95 Å². The van der Waals surface area contributed by atoms with Crippen molar-refractivity contribution in [2.75, 3.05) is 24.9 Å². The van der Waals surface area contributed by atoms with Gasteiger partial charge in [-0.25, -0.2) is 4.98 Å². The molecule has 0 aromatic carbocycles. The fourth-order valence-electron chi connectivity index (χ4n) is 1.60. The highest BCUT2D eigenvalue weighted by Gasteiger charge is 2.14. The Bertz CT molecular complexity index is 373. The maximum Gasteiger partial charge on any atom is 0.237 e. The van der Waals surface area contributed by atoms with Crippen LogP contribution in [-0.2, 0) is 0 Å². The van der Waals surface area contributed by atoms with Gasteiger partial charge in [-0.05, 0) is 31.3 Å². The molecule has 1 saturated heterocycles. The number of rotatable bonds is 4. The smallest absolute Gasteiger partial charge is 0.237 e. The first-order valence-electron chi connectivity index (χ1n) is 5.48. The number of nitrogens with one attached hydrogen (secondary N) is 2. The minimum atomic E-state index is 0.395. The number of hydrogen-bond donors (Lipinski definition) is 2. The predicted octanol–water partition coefficient (Wildman–Crippen LogP) is 1.95.